The molecule has 5 nitrogen and oxygen atoms in total. The Labute approximate surface area is 240 Å². The van der Waals surface area contributed by atoms with E-state index in [2.05, 4.69) is 114 Å². The van der Waals surface area contributed by atoms with E-state index in [0.717, 1.165) is 60.6 Å². The van der Waals surface area contributed by atoms with Crippen molar-refractivity contribution in [1.82, 2.24) is 9.13 Å². The molecular weight excluding hydrogens is 516 g/mol. The first kappa shape index (κ1) is 22.9. The number of fused-ring (bicyclic) bond motifs is 9. The van der Waals surface area contributed by atoms with Crippen LogP contribution in [0, 0.1) is 5.41 Å². The predicted octanol–water partition coefficient (Wildman–Crippen LogP) is 9.20. The maximum absolute atomic E-state index is 8.17. The van der Waals surface area contributed by atoms with Gasteiger partial charge in [0.15, 0.2) is 5.96 Å². The summed E-state index contributed by atoms with van der Waals surface area (Å²) in [6.45, 7) is 0. The van der Waals surface area contributed by atoms with E-state index >= 15 is 0 Å². The van der Waals surface area contributed by atoms with E-state index in [1.54, 1.807) is 4.57 Å². The van der Waals surface area contributed by atoms with Gasteiger partial charge in [-0.25, -0.2) is 0 Å². The summed E-state index contributed by atoms with van der Waals surface area (Å²) in [5, 5.41) is 15.0. The normalized spacial score (nSPS) is 12.0. The lowest BCUT2D eigenvalue weighted by molar-refractivity contribution is 0.669. The zero-order chi connectivity index (χ0) is 27.9. The summed E-state index contributed by atoms with van der Waals surface area (Å²) in [5.41, 5.74) is 15.3. The fourth-order valence-electron chi connectivity index (χ4n) is 6.70. The largest absolute Gasteiger partial charge is 0.456 e. The SMILES string of the molecule is N=C(N)n1c2ccccc2c2cc(-c3ccc4oc5ccc(-n6c7ccccc7c7ccccc76)cc5c4c3)ccc21. The van der Waals surface area contributed by atoms with Gasteiger partial charge in [0.05, 0.1) is 22.1 Å². The number of para-hydroxylation sites is 3. The van der Waals surface area contributed by atoms with Gasteiger partial charge in [-0.1, -0.05) is 66.7 Å². The van der Waals surface area contributed by atoms with Crippen LogP contribution in [-0.2, 0) is 0 Å². The molecule has 3 aromatic heterocycles. The number of nitrogen functional groups attached to an aromatic ring is 1. The van der Waals surface area contributed by atoms with Crippen molar-refractivity contribution in [3.63, 3.8) is 0 Å². The molecule has 3 N–H and O–H groups in total. The first-order chi connectivity index (χ1) is 20.7. The molecule has 0 saturated carbocycles. The Morgan fingerprint density at radius 3 is 1.67 bits per heavy atom. The highest BCUT2D eigenvalue weighted by molar-refractivity contribution is 6.15. The highest BCUT2D eigenvalue weighted by atomic mass is 16.3. The van der Waals surface area contributed by atoms with Crippen molar-refractivity contribution in [1.29, 1.82) is 5.41 Å². The number of hydrogen-bond donors (Lipinski definition) is 2. The molecule has 0 amide bonds. The zero-order valence-corrected chi connectivity index (χ0v) is 22.5. The maximum atomic E-state index is 8.17. The van der Waals surface area contributed by atoms with E-state index in [1.165, 1.54) is 21.8 Å². The molecule has 0 radical (unpaired) electrons. The van der Waals surface area contributed by atoms with Gasteiger partial charge in [-0.05, 0) is 71.8 Å². The van der Waals surface area contributed by atoms with Crippen molar-refractivity contribution < 1.29 is 4.42 Å². The third-order valence-electron chi connectivity index (χ3n) is 8.54. The van der Waals surface area contributed by atoms with Crippen LogP contribution in [0.1, 0.15) is 0 Å². The predicted molar refractivity (Wildman–Crippen MR) is 174 cm³/mol. The van der Waals surface area contributed by atoms with Gasteiger partial charge in [0.25, 0.3) is 0 Å². The minimum Gasteiger partial charge on any atom is -0.456 e. The van der Waals surface area contributed by atoms with Gasteiger partial charge < -0.3 is 14.7 Å². The van der Waals surface area contributed by atoms with Gasteiger partial charge in [-0.3, -0.25) is 9.98 Å². The molecule has 0 atom stereocenters. The third kappa shape index (κ3) is 3.10. The standard InChI is InChI=1S/C37H24N4O/c38-37(39)41-33-12-6-3-9-27(33)28-19-22(13-16-34(28)41)23-14-17-35-29(20-23)30-21-24(15-18-36(30)42-35)40-31-10-4-1-7-25(31)26-8-2-5-11-32(26)40/h1-21H,(H3,38,39). The molecule has 9 aromatic rings. The van der Waals surface area contributed by atoms with E-state index < -0.39 is 0 Å². The molecule has 42 heavy (non-hydrogen) atoms. The van der Waals surface area contributed by atoms with E-state index in [1.807, 2.05) is 18.2 Å². The van der Waals surface area contributed by atoms with Crippen molar-refractivity contribution in [2.75, 3.05) is 0 Å². The molecule has 5 heteroatoms. The maximum Gasteiger partial charge on any atom is 0.197 e. The van der Waals surface area contributed by atoms with E-state index in [-0.39, 0.29) is 5.96 Å². The van der Waals surface area contributed by atoms with Crippen LogP contribution in [0.2, 0.25) is 0 Å². The van der Waals surface area contributed by atoms with Crippen molar-refractivity contribution in [3.8, 4) is 16.8 Å². The number of furan rings is 1. The van der Waals surface area contributed by atoms with Gasteiger partial charge >= 0.3 is 0 Å². The number of rotatable bonds is 2. The van der Waals surface area contributed by atoms with Crippen LogP contribution in [0.4, 0.5) is 0 Å². The van der Waals surface area contributed by atoms with Gasteiger partial charge in [0.2, 0.25) is 0 Å². The second kappa shape index (κ2) is 8.35. The Morgan fingerprint density at radius 1 is 0.500 bits per heavy atom. The summed E-state index contributed by atoms with van der Waals surface area (Å²) < 4.78 is 10.4. The van der Waals surface area contributed by atoms with Crippen LogP contribution in [0.5, 0.6) is 0 Å². The molecule has 0 fully saturated rings. The quantitative estimate of drug-likeness (QED) is 0.169. The molecule has 6 aromatic carbocycles. The van der Waals surface area contributed by atoms with Gasteiger partial charge in [0, 0.05) is 38.0 Å². The zero-order valence-electron chi connectivity index (χ0n) is 22.5. The first-order valence-corrected chi connectivity index (χ1v) is 14.0. The monoisotopic (exact) mass is 540 g/mol. The number of benzene rings is 6. The number of hydrogen-bond acceptors (Lipinski definition) is 2. The molecular formula is C37H24N4O. The van der Waals surface area contributed by atoms with Crippen molar-refractivity contribution in [2.24, 2.45) is 5.73 Å². The second-order valence-electron chi connectivity index (χ2n) is 10.8. The molecule has 0 spiro atoms. The fourth-order valence-corrected chi connectivity index (χ4v) is 6.70. The molecule has 0 aliphatic heterocycles. The van der Waals surface area contributed by atoms with Crippen LogP contribution in [0.25, 0.3) is 82.4 Å². The minimum absolute atomic E-state index is 0.0132. The van der Waals surface area contributed by atoms with E-state index in [4.69, 9.17) is 15.6 Å². The van der Waals surface area contributed by atoms with Crippen LogP contribution < -0.4 is 5.73 Å². The molecule has 0 saturated heterocycles. The molecule has 3 heterocycles. The molecule has 0 aliphatic rings. The molecule has 0 aliphatic carbocycles. The van der Waals surface area contributed by atoms with Crippen LogP contribution in [-0.4, -0.2) is 15.1 Å². The lowest BCUT2D eigenvalue weighted by Crippen LogP contribution is -2.19. The second-order valence-corrected chi connectivity index (χ2v) is 10.8. The number of nitrogens with two attached hydrogens (primary N) is 1. The van der Waals surface area contributed by atoms with Gasteiger partial charge in [-0.15, -0.1) is 0 Å². The van der Waals surface area contributed by atoms with E-state index in [0.29, 0.717) is 0 Å². The Morgan fingerprint density at radius 2 is 1.00 bits per heavy atom. The molecule has 0 bridgehead atoms. The number of nitrogens with one attached hydrogen (secondary N) is 1. The third-order valence-corrected chi connectivity index (χ3v) is 8.54. The summed E-state index contributed by atoms with van der Waals surface area (Å²) in [4.78, 5) is 0. The summed E-state index contributed by atoms with van der Waals surface area (Å²) in [6.07, 6.45) is 0. The number of aromatic nitrogens is 2. The van der Waals surface area contributed by atoms with Crippen LogP contribution in [0.3, 0.4) is 0 Å². The summed E-state index contributed by atoms with van der Waals surface area (Å²) in [7, 11) is 0. The van der Waals surface area contributed by atoms with Crippen molar-refractivity contribution >= 4 is 71.5 Å². The summed E-state index contributed by atoms with van der Waals surface area (Å²) in [6, 6.07) is 44.5. The lowest BCUT2D eigenvalue weighted by Gasteiger charge is -2.08. The lowest BCUT2D eigenvalue weighted by atomic mass is 10.0. The Kier molecular flexibility index (Phi) is 4.56. The summed E-state index contributed by atoms with van der Waals surface area (Å²) >= 11 is 0. The van der Waals surface area contributed by atoms with Gasteiger partial charge in [0.1, 0.15) is 11.2 Å². The van der Waals surface area contributed by atoms with Crippen molar-refractivity contribution in [3.05, 3.63) is 127 Å². The first-order valence-electron chi connectivity index (χ1n) is 14.0. The van der Waals surface area contributed by atoms with Crippen LogP contribution >= 0.6 is 0 Å². The van der Waals surface area contributed by atoms with E-state index in [9.17, 15) is 0 Å². The molecule has 0 unspecified atom stereocenters. The number of nitrogens with zero attached hydrogens (tertiary/aromatic N) is 2. The highest BCUT2D eigenvalue weighted by Crippen LogP contribution is 2.38. The Hall–Kier alpha value is -5.81. The average molecular weight is 541 g/mol. The minimum atomic E-state index is 0.0132. The Bertz CT molecular complexity index is 2510. The topological polar surface area (TPSA) is 72.9 Å². The summed E-state index contributed by atoms with van der Waals surface area (Å²) in [5.74, 6) is 0.0132. The van der Waals surface area contributed by atoms with Crippen LogP contribution in [0.15, 0.2) is 132 Å². The average Bonchev–Trinajstić information content (AvgIpc) is 3.67. The highest BCUT2D eigenvalue weighted by Gasteiger charge is 2.16. The smallest absolute Gasteiger partial charge is 0.197 e. The van der Waals surface area contributed by atoms with Crippen molar-refractivity contribution in [2.45, 2.75) is 0 Å². The fraction of sp³-hybridized carbons (Fsp3) is 0. The van der Waals surface area contributed by atoms with Gasteiger partial charge in [-0.2, -0.15) is 0 Å². The Balaban J connectivity index is 1.25. The molecule has 198 valence electrons. The molecule has 9 rings (SSSR count).